The van der Waals surface area contributed by atoms with E-state index in [-0.39, 0.29) is 11.3 Å². The number of rotatable bonds is 3. The van der Waals surface area contributed by atoms with E-state index >= 15 is 0 Å². The summed E-state index contributed by atoms with van der Waals surface area (Å²) in [6, 6.07) is 0. The van der Waals surface area contributed by atoms with Crippen LogP contribution in [0.2, 0.25) is 0 Å². The topological polar surface area (TPSA) is 69.8 Å². The molecule has 0 saturated carbocycles. The molecule has 1 saturated heterocycles. The Balaban J connectivity index is 2.16. The second-order valence-electron chi connectivity index (χ2n) is 4.82. The van der Waals surface area contributed by atoms with E-state index in [4.69, 9.17) is 0 Å². The molecule has 1 fully saturated rings. The predicted octanol–water partition coefficient (Wildman–Crippen LogP) is 1.35. The molecule has 94 valence electrons. The molecule has 0 spiro atoms. The van der Waals surface area contributed by atoms with Crippen LogP contribution in [-0.2, 0) is 4.79 Å². The number of amides is 1. The maximum Gasteiger partial charge on any atom is 0.232 e. The Kier molecular flexibility index (Phi) is 3.19. The fraction of sp³-hybridized carbons (Fsp3) is 0.667. The smallest absolute Gasteiger partial charge is 0.232 e. The summed E-state index contributed by atoms with van der Waals surface area (Å²) in [5.41, 5.74) is 2.33. The number of hydrogen-bond donors (Lipinski definition) is 3. The highest BCUT2D eigenvalue weighted by atomic mass is 16.2. The van der Waals surface area contributed by atoms with Crippen molar-refractivity contribution in [2.75, 3.05) is 18.4 Å². The first-order valence-corrected chi connectivity index (χ1v) is 6.13. The highest BCUT2D eigenvalue weighted by Crippen LogP contribution is 2.31. The van der Waals surface area contributed by atoms with Crippen molar-refractivity contribution in [1.82, 2.24) is 15.5 Å². The first kappa shape index (κ1) is 12.1. The molecular weight excluding hydrogens is 216 g/mol. The van der Waals surface area contributed by atoms with Crippen molar-refractivity contribution >= 4 is 11.6 Å². The van der Waals surface area contributed by atoms with Gasteiger partial charge in [-0.15, -0.1) is 0 Å². The van der Waals surface area contributed by atoms with Crippen LogP contribution >= 0.6 is 0 Å². The molecule has 3 N–H and O–H groups in total. The third kappa shape index (κ3) is 2.07. The molecule has 5 heteroatoms. The van der Waals surface area contributed by atoms with Gasteiger partial charge in [-0.3, -0.25) is 9.89 Å². The molecule has 0 aliphatic carbocycles. The second-order valence-corrected chi connectivity index (χ2v) is 4.82. The molecule has 1 atom stereocenters. The summed E-state index contributed by atoms with van der Waals surface area (Å²) in [5.74, 6) is 0.109. The van der Waals surface area contributed by atoms with Gasteiger partial charge in [0.05, 0.1) is 22.5 Å². The Morgan fingerprint density at radius 3 is 2.76 bits per heavy atom. The van der Waals surface area contributed by atoms with Crippen molar-refractivity contribution in [2.45, 2.75) is 33.6 Å². The molecule has 0 bridgehead atoms. The van der Waals surface area contributed by atoms with E-state index in [1.54, 1.807) is 0 Å². The largest absolute Gasteiger partial charge is 0.322 e. The van der Waals surface area contributed by atoms with Crippen molar-refractivity contribution in [3.63, 3.8) is 0 Å². The number of nitrogens with one attached hydrogen (secondary N) is 3. The van der Waals surface area contributed by atoms with Crippen LogP contribution in [-0.4, -0.2) is 29.2 Å². The summed E-state index contributed by atoms with van der Waals surface area (Å²) >= 11 is 0. The number of anilines is 1. The molecule has 1 aliphatic rings. The van der Waals surface area contributed by atoms with E-state index < -0.39 is 0 Å². The molecule has 17 heavy (non-hydrogen) atoms. The summed E-state index contributed by atoms with van der Waals surface area (Å²) in [7, 11) is 0. The van der Waals surface area contributed by atoms with Gasteiger partial charge in [-0.2, -0.15) is 5.10 Å². The first-order chi connectivity index (χ1) is 8.09. The molecule has 2 rings (SSSR count). The van der Waals surface area contributed by atoms with Crippen LogP contribution < -0.4 is 10.6 Å². The molecule has 1 aliphatic heterocycles. The molecular formula is C12H20N4O. The third-order valence-electron chi connectivity index (χ3n) is 3.77. The molecule has 2 heterocycles. The maximum atomic E-state index is 12.4. The fourth-order valence-corrected chi connectivity index (χ4v) is 2.38. The van der Waals surface area contributed by atoms with Gasteiger partial charge in [-0.05, 0) is 33.2 Å². The highest BCUT2D eigenvalue weighted by molar-refractivity contribution is 5.96. The van der Waals surface area contributed by atoms with E-state index in [9.17, 15) is 4.79 Å². The van der Waals surface area contributed by atoms with E-state index in [0.717, 1.165) is 43.0 Å². The average Bonchev–Trinajstić information content (AvgIpc) is 2.91. The Morgan fingerprint density at radius 1 is 1.53 bits per heavy atom. The van der Waals surface area contributed by atoms with Crippen molar-refractivity contribution in [3.8, 4) is 0 Å². The molecule has 5 nitrogen and oxygen atoms in total. The van der Waals surface area contributed by atoms with Crippen LogP contribution in [0.5, 0.6) is 0 Å². The first-order valence-electron chi connectivity index (χ1n) is 6.13. The number of aryl methyl sites for hydroxylation is 2. The van der Waals surface area contributed by atoms with Gasteiger partial charge in [0.25, 0.3) is 0 Å². The lowest BCUT2D eigenvalue weighted by molar-refractivity contribution is -0.124. The lowest BCUT2D eigenvalue weighted by atomic mass is 9.83. The van der Waals surface area contributed by atoms with Crippen molar-refractivity contribution in [3.05, 3.63) is 11.4 Å². The number of H-pyrrole nitrogens is 1. The number of carbonyl (C=O) groups is 1. The van der Waals surface area contributed by atoms with Crippen LogP contribution in [0.15, 0.2) is 0 Å². The van der Waals surface area contributed by atoms with Crippen LogP contribution in [0.25, 0.3) is 0 Å². The van der Waals surface area contributed by atoms with Crippen molar-refractivity contribution in [2.24, 2.45) is 5.41 Å². The molecule has 1 unspecified atom stereocenters. The molecule has 0 aromatic carbocycles. The second kappa shape index (κ2) is 4.49. The number of carbonyl (C=O) groups excluding carboxylic acids is 1. The van der Waals surface area contributed by atoms with Gasteiger partial charge in [-0.1, -0.05) is 6.92 Å². The molecule has 1 amide bonds. The van der Waals surface area contributed by atoms with Gasteiger partial charge in [0, 0.05) is 6.54 Å². The maximum absolute atomic E-state index is 12.4. The van der Waals surface area contributed by atoms with Crippen molar-refractivity contribution < 1.29 is 4.79 Å². The minimum atomic E-state index is -0.254. The van der Waals surface area contributed by atoms with Gasteiger partial charge < -0.3 is 10.6 Å². The summed E-state index contributed by atoms with van der Waals surface area (Å²) in [4.78, 5) is 12.4. The summed E-state index contributed by atoms with van der Waals surface area (Å²) in [6.07, 6.45) is 1.77. The third-order valence-corrected chi connectivity index (χ3v) is 3.77. The SMILES string of the molecule is CCC1(C(=O)Nc2c(C)n[nH]c2C)CCNC1. The van der Waals surface area contributed by atoms with Crippen LogP contribution in [0.1, 0.15) is 31.2 Å². The van der Waals surface area contributed by atoms with Gasteiger partial charge >= 0.3 is 0 Å². The van der Waals surface area contributed by atoms with E-state index in [0.29, 0.717) is 0 Å². The van der Waals surface area contributed by atoms with Gasteiger partial charge in [0.1, 0.15) is 0 Å². The standard InChI is InChI=1S/C12H20N4O/c1-4-12(5-6-13-7-12)11(17)14-10-8(2)15-16-9(10)3/h13H,4-7H2,1-3H3,(H,14,17)(H,15,16). The van der Waals surface area contributed by atoms with Crippen LogP contribution in [0.3, 0.4) is 0 Å². The Bertz CT molecular complexity index is 399. The summed E-state index contributed by atoms with van der Waals surface area (Å²) < 4.78 is 0. The average molecular weight is 236 g/mol. The normalized spacial score (nSPS) is 23.9. The van der Waals surface area contributed by atoms with Crippen LogP contribution in [0.4, 0.5) is 5.69 Å². The summed E-state index contributed by atoms with van der Waals surface area (Å²) in [6.45, 7) is 7.57. The van der Waals surface area contributed by atoms with Crippen molar-refractivity contribution in [1.29, 1.82) is 0 Å². The van der Waals surface area contributed by atoms with Gasteiger partial charge in [0.15, 0.2) is 0 Å². The number of aromatic amines is 1. The lowest BCUT2D eigenvalue weighted by Crippen LogP contribution is -2.37. The molecule has 0 radical (unpaired) electrons. The van der Waals surface area contributed by atoms with Gasteiger partial charge in [-0.25, -0.2) is 0 Å². The van der Waals surface area contributed by atoms with E-state index in [1.807, 2.05) is 13.8 Å². The van der Waals surface area contributed by atoms with E-state index in [1.165, 1.54) is 0 Å². The molecule has 1 aromatic rings. The minimum absolute atomic E-state index is 0.109. The number of hydrogen-bond acceptors (Lipinski definition) is 3. The monoisotopic (exact) mass is 236 g/mol. The molecule has 1 aromatic heterocycles. The van der Waals surface area contributed by atoms with E-state index in [2.05, 4.69) is 27.8 Å². The quantitative estimate of drug-likeness (QED) is 0.742. The Morgan fingerprint density at radius 2 is 2.29 bits per heavy atom. The zero-order chi connectivity index (χ0) is 12.5. The summed E-state index contributed by atoms with van der Waals surface area (Å²) in [5, 5.41) is 13.3. The predicted molar refractivity (Wildman–Crippen MR) is 66.9 cm³/mol. The Labute approximate surface area is 101 Å². The zero-order valence-corrected chi connectivity index (χ0v) is 10.7. The van der Waals surface area contributed by atoms with Gasteiger partial charge in [0.2, 0.25) is 5.91 Å². The highest BCUT2D eigenvalue weighted by Gasteiger charge is 2.39. The van der Waals surface area contributed by atoms with Crippen LogP contribution in [0, 0.1) is 19.3 Å². The number of nitrogens with zero attached hydrogens (tertiary/aromatic N) is 1. The minimum Gasteiger partial charge on any atom is -0.322 e. The fourth-order valence-electron chi connectivity index (χ4n) is 2.38. The number of aromatic nitrogens is 2. The zero-order valence-electron chi connectivity index (χ0n) is 10.7. The lowest BCUT2D eigenvalue weighted by Gasteiger charge is -2.25. The Hall–Kier alpha value is -1.36.